The highest BCUT2D eigenvalue weighted by molar-refractivity contribution is 5.97. The number of benzene rings is 1. The molecule has 16 heavy (non-hydrogen) atoms. The second-order valence-electron chi connectivity index (χ2n) is 4.31. The zero-order chi connectivity index (χ0) is 11.4. The first-order valence-electron chi connectivity index (χ1n) is 5.84. The number of carbonyl (C=O) groups is 1. The van der Waals surface area contributed by atoms with Gasteiger partial charge in [0.15, 0.2) is 5.78 Å². The lowest BCUT2D eigenvalue weighted by molar-refractivity contribution is 0.100. The van der Waals surface area contributed by atoms with E-state index in [0.29, 0.717) is 0 Å². The third-order valence-electron chi connectivity index (χ3n) is 3.04. The fourth-order valence-corrected chi connectivity index (χ4v) is 2.16. The Bertz CT molecular complexity index is 370. The highest BCUT2D eigenvalue weighted by Crippen LogP contribution is 2.13. The molecule has 1 aliphatic heterocycles. The lowest BCUT2D eigenvalue weighted by Crippen LogP contribution is -2.19. The number of hydrogen-bond acceptors (Lipinski definition) is 3. The molecule has 1 saturated heterocycles. The second-order valence-corrected chi connectivity index (χ2v) is 4.31. The van der Waals surface area contributed by atoms with E-state index < -0.39 is 0 Å². The first-order valence-corrected chi connectivity index (χ1v) is 5.84. The minimum Gasteiger partial charge on any atom is -0.324 e. The normalized spacial score (nSPS) is 16.6. The molecule has 2 rings (SSSR count). The zero-order valence-corrected chi connectivity index (χ0v) is 9.48. The first-order chi connectivity index (χ1) is 7.79. The number of nitrogens with two attached hydrogens (primary N) is 1. The summed E-state index contributed by atoms with van der Waals surface area (Å²) < 4.78 is 0. The number of hydrogen-bond donors (Lipinski definition) is 1. The molecule has 0 atom stereocenters. The van der Waals surface area contributed by atoms with Crippen LogP contribution in [0.15, 0.2) is 24.3 Å². The van der Waals surface area contributed by atoms with E-state index in [-0.39, 0.29) is 12.3 Å². The standard InChI is InChI=1S/C13H18N2O/c14-9-13(16)12-5-3-4-11(8-12)10-15-6-1-2-7-15/h3-5,8H,1-2,6-7,9-10,14H2. The quantitative estimate of drug-likeness (QED) is 0.777. The first kappa shape index (κ1) is 11.3. The molecular formula is C13H18N2O. The van der Waals surface area contributed by atoms with Gasteiger partial charge < -0.3 is 5.73 Å². The summed E-state index contributed by atoms with van der Waals surface area (Å²) in [5.41, 5.74) is 7.30. The van der Waals surface area contributed by atoms with Crippen LogP contribution in [0.3, 0.4) is 0 Å². The summed E-state index contributed by atoms with van der Waals surface area (Å²) in [4.78, 5) is 13.9. The molecule has 0 unspecified atom stereocenters. The van der Waals surface area contributed by atoms with Crippen LogP contribution in [0.1, 0.15) is 28.8 Å². The molecule has 0 aliphatic carbocycles. The Hall–Kier alpha value is -1.19. The van der Waals surface area contributed by atoms with Crippen molar-refractivity contribution in [3.05, 3.63) is 35.4 Å². The molecule has 0 aromatic heterocycles. The van der Waals surface area contributed by atoms with Crippen molar-refractivity contribution in [2.75, 3.05) is 19.6 Å². The minimum absolute atomic E-state index is 0.0169. The summed E-state index contributed by atoms with van der Waals surface area (Å²) >= 11 is 0. The number of Topliss-reactive ketones (excluding diaryl/α,β-unsaturated/α-hetero) is 1. The SMILES string of the molecule is NCC(=O)c1cccc(CN2CCCC2)c1. The topological polar surface area (TPSA) is 46.3 Å². The summed E-state index contributed by atoms with van der Waals surface area (Å²) in [5, 5.41) is 0. The molecule has 0 spiro atoms. The third-order valence-corrected chi connectivity index (χ3v) is 3.04. The number of carbonyl (C=O) groups excluding carboxylic acids is 1. The highest BCUT2D eigenvalue weighted by atomic mass is 16.1. The number of ketones is 1. The van der Waals surface area contributed by atoms with Gasteiger partial charge >= 0.3 is 0 Å². The number of likely N-dealkylation sites (tertiary alicyclic amines) is 1. The molecule has 1 aromatic carbocycles. The lowest BCUT2D eigenvalue weighted by atomic mass is 10.1. The Balaban J connectivity index is 2.06. The van der Waals surface area contributed by atoms with Crippen LogP contribution in [-0.2, 0) is 6.54 Å². The summed E-state index contributed by atoms with van der Waals surface area (Å²) in [6, 6.07) is 7.82. The molecular weight excluding hydrogens is 200 g/mol. The summed E-state index contributed by atoms with van der Waals surface area (Å²) in [6.45, 7) is 3.39. The van der Waals surface area contributed by atoms with Crippen molar-refractivity contribution in [3.63, 3.8) is 0 Å². The van der Waals surface area contributed by atoms with Gasteiger partial charge in [0.25, 0.3) is 0 Å². The van der Waals surface area contributed by atoms with Crippen molar-refractivity contribution in [3.8, 4) is 0 Å². The average Bonchev–Trinajstić information content (AvgIpc) is 2.81. The van der Waals surface area contributed by atoms with Gasteiger partial charge in [0.2, 0.25) is 0 Å². The van der Waals surface area contributed by atoms with E-state index in [1.165, 1.54) is 31.5 Å². The third kappa shape index (κ3) is 2.68. The van der Waals surface area contributed by atoms with Gasteiger partial charge in [-0.25, -0.2) is 0 Å². The molecule has 1 heterocycles. The predicted molar refractivity (Wildman–Crippen MR) is 64.3 cm³/mol. The maximum Gasteiger partial charge on any atom is 0.176 e. The van der Waals surface area contributed by atoms with Crippen LogP contribution >= 0.6 is 0 Å². The van der Waals surface area contributed by atoms with Crippen LogP contribution in [0.25, 0.3) is 0 Å². The summed E-state index contributed by atoms with van der Waals surface area (Å²) in [6.07, 6.45) is 2.59. The lowest BCUT2D eigenvalue weighted by Gasteiger charge is -2.14. The fraction of sp³-hybridized carbons (Fsp3) is 0.462. The molecule has 0 amide bonds. The average molecular weight is 218 g/mol. The molecule has 1 aromatic rings. The zero-order valence-electron chi connectivity index (χ0n) is 9.48. The number of nitrogens with zero attached hydrogens (tertiary/aromatic N) is 1. The molecule has 3 heteroatoms. The van der Waals surface area contributed by atoms with Crippen molar-refractivity contribution in [1.82, 2.24) is 4.90 Å². The maximum absolute atomic E-state index is 11.5. The van der Waals surface area contributed by atoms with Crippen molar-refractivity contribution >= 4 is 5.78 Å². The molecule has 0 saturated carbocycles. The Morgan fingerprint density at radius 1 is 1.31 bits per heavy atom. The van der Waals surface area contributed by atoms with Gasteiger partial charge in [0.1, 0.15) is 0 Å². The van der Waals surface area contributed by atoms with Gasteiger partial charge in [0, 0.05) is 12.1 Å². The Kier molecular flexibility index (Phi) is 3.70. The Morgan fingerprint density at radius 2 is 2.06 bits per heavy atom. The van der Waals surface area contributed by atoms with Gasteiger partial charge in [0.05, 0.1) is 6.54 Å². The fourth-order valence-electron chi connectivity index (χ4n) is 2.16. The number of rotatable bonds is 4. The molecule has 0 bridgehead atoms. The van der Waals surface area contributed by atoms with Gasteiger partial charge in [-0.05, 0) is 37.6 Å². The monoisotopic (exact) mass is 218 g/mol. The Morgan fingerprint density at radius 3 is 2.75 bits per heavy atom. The van der Waals surface area contributed by atoms with Crippen LogP contribution in [0, 0.1) is 0 Å². The smallest absolute Gasteiger partial charge is 0.176 e. The van der Waals surface area contributed by atoms with E-state index in [4.69, 9.17) is 5.73 Å². The van der Waals surface area contributed by atoms with Crippen molar-refractivity contribution < 1.29 is 4.79 Å². The summed E-state index contributed by atoms with van der Waals surface area (Å²) in [7, 11) is 0. The van der Waals surface area contributed by atoms with Crippen LogP contribution in [-0.4, -0.2) is 30.3 Å². The van der Waals surface area contributed by atoms with Gasteiger partial charge in [-0.2, -0.15) is 0 Å². The van der Waals surface area contributed by atoms with Crippen molar-refractivity contribution in [2.45, 2.75) is 19.4 Å². The van der Waals surface area contributed by atoms with Gasteiger partial charge in [-0.15, -0.1) is 0 Å². The molecule has 1 aliphatic rings. The largest absolute Gasteiger partial charge is 0.324 e. The van der Waals surface area contributed by atoms with Crippen LogP contribution in [0.5, 0.6) is 0 Å². The minimum atomic E-state index is 0.0169. The molecule has 0 radical (unpaired) electrons. The molecule has 1 fully saturated rings. The maximum atomic E-state index is 11.5. The van der Waals surface area contributed by atoms with Crippen molar-refractivity contribution in [1.29, 1.82) is 0 Å². The Labute approximate surface area is 96.2 Å². The van der Waals surface area contributed by atoms with E-state index in [2.05, 4.69) is 11.0 Å². The van der Waals surface area contributed by atoms with E-state index in [1.54, 1.807) is 0 Å². The molecule has 3 nitrogen and oxygen atoms in total. The second kappa shape index (κ2) is 5.23. The highest BCUT2D eigenvalue weighted by Gasteiger charge is 2.12. The van der Waals surface area contributed by atoms with E-state index in [1.807, 2.05) is 18.2 Å². The van der Waals surface area contributed by atoms with E-state index in [9.17, 15) is 4.79 Å². The summed E-state index contributed by atoms with van der Waals surface area (Å²) in [5.74, 6) is 0.0169. The van der Waals surface area contributed by atoms with Crippen LogP contribution in [0.4, 0.5) is 0 Å². The van der Waals surface area contributed by atoms with Gasteiger partial charge in [-0.3, -0.25) is 9.69 Å². The molecule has 86 valence electrons. The van der Waals surface area contributed by atoms with E-state index >= 15 is 0 Å². The van der Waals surface area contributed by atoms with Gasteiger partial charge in [-0.1, -0.05) is 18.2 Å². The van der Waals surface area contributed by atoms with Crippen molar-refractivity contribution in [2.24, 2.45) is 5.73 Å². The van der Waals surface area contributed by atoms with E-state index in [0.717, 1.165) is 12.1 Å². The van der Waals surface area contributed by atoms with Crippen LogP contribution < -0.4 is 5.73 Å². The predicted octanol–water partition coefficient (Wildman–Crippen LogP) is 1.42. The van der Waals surface area contributed by atoms with Crippen LogP contribution in [0.2, 0.25) is 0 Å². The molecule has 2 N–H and O–H groups in total.